The number of anilines is 1. The predicted molar refractivity (Wildman–Crippen MR) is 74.6 cm³/mol. The fourth-order valence-electron chi connectivity index (χ4n) is 1.42. The zero-order valence-electron chi connectivity index (χ0n) is 10.0. The van der Waals surface area contributed by atoms with Crippen LogP contribution in [0.25, 0.3) is 0 Å². The quantitative estimate of drug-likeness (QED) is 0.856. The summed E-state index contributed by atoms with van der Waals surface area (Å²) in [5, 5.41) is 3.55. The van der Waals surface area contributed by atoms with Gasteiger partial charge in [0.25, 0.3) is 0 Å². The van der Waals surface area contributed by atoms with Crippen molar-refractivity contribution >= 4 is 23.4 Å². The molecule has 0 saturated carbocycles. The second-order valence-electron chi connectivity index (χ2n) is 3.78. The van der Waals surface area contributed by atoms with Gasteiger partial charge in [-0.1, -0.05) is 36.0 Å². The second kappa shape index (κ2) is 6.21. The number of carbonyl (C=O) groups excluding carboxylic acids is 1. The number of amides is 1. The average Bonchev–Trinajstić information content (AvgIpc) is 2.41. The zero-order chi connectivity index (χ0) is 12.8. The summed E-state index contributed by atoms with van der Waals surface area (Å²) in [5.74, 6) is -0.0168. The van der Waals surface area contributed by atoms with E-state index in [1.165, 1.54) is 11.8 Å². The molecule has 0 spiro atoms. The molecule has 0 aliphatic rings. The van der Waals surface area contributed by atoms with Gasteiger partial charge in [-0.15, -0.1) is 0 Å². The molecule has 0 aliphatic heterocycles. The van der Waals surface area contributed by atoms with Crippen LogP contribution in [0.2, 0.25) is 0 Å². The summed E-state index contributed by atoms with van der Waals surface area (Å²) in [6, 6.07) is 15.1. The number of hydrogen-bond donors (Lipinski definition) is 1. The Morgan fingerprint density at radius 3 is 2.56 bits per heavy atom. The Morgan fingerprint density at radius 1 is 1.17 bits per heavy atom. The Hall–Kier alpha value is -1.81. The molecule has 1 aromatic heterocycles. The van der Waals surface area contributed by atoms with Gasteiger partial charge in [0.15, 0.2) is 0 Å². The number of benzene rings is 1. The van der Waals surface area contributed by atoms with E-state index in [1.807, 2.05) is 55.5 Å². The van der Waals surface area contributed by atoms with Crippen molar-refractivity contribution in [1.29, 1.82) is 0 Å². The highest BCUT2D eigenvalue weighted by molar-refractivity contribution is 8.00. The van der Waals surface area contributed by atoms with Gasteiger partial charge < -0.3 is 5.32 Å². The molecule has 2 aromatic rings. The maximum Gasteiger partial charge on any atom is 0.237 e. The Morgan fingerprint density at radius 2 is 1.89 bits per heavy atom. The standard InChI is InChI=1S/C14H14N2OS/c1-11(18-13-9-5-6-10-15-13)14(17)16-12-7-3-2-4-8-12/h2-11H,1H3,(H,16,17)/t11-/m0/s1. The summed E-state index contributed by atoms with van der Waals surface area (Å²) in [6.07, 6.45) is 1.73. The van der Waals surface area contributed by atoms with Crippen molar-refractivity contribution in [1.82, 2.24) is 4.98 Å². The molecular formula is C14H14N2OS. The first-order valence-electron chi connectivity index (χ1n) is 5.69. The van der Waals surface area contributed by atoms with E-state index in [-0.39, 0.29) is 11.2 Å². The third-order valence-electron chi connectivity index (χ3n) is 2.35. The highest BCUT2D eigenvalue weighted by Crippen LogP contribution is 2.21. The van der Waals surface area contributed by atoms with Crippen LogP contribution in [0.3, 0.4) is 0 Å². The number of nitrogens with one attached hydrogen (secondary N) is 1. The molecule has 0 fully saturated rings. The molecule has 2 rings (SSSR count). The number of para-hydroxylation sites is 1. The number of carbonyl (C=O) groups is 1. The first-order chi connectivity index (χ1) is 8.75. The minimum Gasteiger partial charge on any atom is -0.325 e. The minimum atomic E-state index is -0.180. The average molecular weight is 258 g/mol. The van der Waals surface area contributed by atoms with Gasteiger partial charge in [0, 0.05) is 11.9 Å². The van der Waals surface area contributed by atoms with E-state index in [0.29, 0.717) is 0 Å². The largest absolute Gasteiger partial charge is 0.325 e. The third kappa shape index (κ3) is 3.60. The van der Waals surface area contributed by atoms with E-state index in [9.17, 15) is 4.79 Å². The highest BCUT2D eigenvalue weighted by atomic mass is 32.2. The normalized spacial score (nSPS) is 11.8. The molecule has 18 heavy (non-hydrogen) atoms. The zero-order valence-corrected chi connectivity index (χ0v) is 10.9. The predicted octanol–water partition coefficient (Wildman–Crippen LogP) is 3.20. The van der Waals surface area contributed by atoms with Gasteiger partial charge in [-0.3, -0.25) is 4.79 Å². The van der Waals surface area contributed by atoms with E-state index < -0.39 is 0 Å². The Labute approximate surface area is 111 Å². The van der Waals surface area contributed by atoms with Crippen molar-refractivity contribution in [3.8, 4) is 0 Å². The Bertz CT molecular complexity index is 502. The lowest BCUT2D eigenvalue weighted by atomic mass is 10.3. The van der Waals surface area contributed by atoms with Gasteiger partial charge in [-0.25, -0.2) is 4.98 Å². The lowest BCUT2D eigenvalue weighted by molar-refractivity contribution is -0.115. The molecule has 4 heteroatoms. The molecule has 92 valence electrons. The van der Waals surface area contributed by atoms with Gasteiger partial charge in [0.05, 0.1) is 10.3 Å². The maximum atomic E-state index is 12.0. The van der Waals surface area contributed by atoms with E-state index >= 15 is 0 Å². The first-order valence-corrected chi connectivity index (χ1v) is 6.57. The molecule has 0 saturated heterocycles. The molecule has 3 nitrogen and oxygen atoms in total. The Balaban J connectivity index is 1.93. The SMILES string of the molecule is C[C@H](Sc1ccccn1)C(=O)Nc1ccccc1. The Kier molecular flexibility index (Phi) is 4.36. The smallest absolute Gasteiger partial charge is 0.237 e. The molecule has 0 bridgehead atoms. The van der Waals surface area contributed by atoms with Crippen LogP contribution in [-0.4, -0.2) is 16.1 Å². The summed E-state index contributed by atoms with van der Waals surface area (Å²) < 4.78 is 0. The van der Waals surface area contributed by atoms with Crippen molar-refractivity contribution in [2.45, 2.75) is 17.2 Å². The molecule has 1 atom stereocenters. The van der Waals surface area contributed by atoms with Crippen molar-refractivity contribution in [3.63, 3.8) is 0 Å². The van der Waals surface area contributed by atoms with Crippen molar-refractivity contribution in [2.24, 2.45) is 0 Å². The number of nitrogens with zero attached hydrogens (tertiary/aromatic N) is 1. The molecule has 0 unspecified atom stereocenters. The maximum absolute atomic E-state index is 12.0. The molecule has 1 amide bonds. The summed E-state index contributed by atoms with van der Waals surface area (Å²) in [7, 11) is 0. The number of hydrogen-bond acceptors (Lipinski definition) is 3. The third-order valence-corrected chi connectivity index (χ3v) is 3.40. The van der Waals surface area contributed by atoms with E-state index in [2.05, 4.69) is 10.3 Å². The number of aromatic nitrogens is 1. The van der Waals surface area contributed by atoms with Crippen LogP contribution in [0, 0.1) is 0 Å². The van der Waals surface area contributed by atoms with Gasteiger partial charge in [-0.2, -0.15) is 0 Å². The molecule has 0 aliphatic carbocycles. The van der Waals surface area contributed by atoms with Crippen LogP contribution < -0.4 is 5.32 Å². The molecule has 1 aromatic carbocycles. The topological polar surface area (TPSA) is 42.0 Å². The van der Waals surface area contributed by atoms with E-state index in [1.54, 1.807) is 6.20 Å². The number of pyridine rings is 1. The van der Waals surface area contributed by atoms with Crippen molar-refractivity contribution in [3.05, 3.63) is 54.7 Å². The highest BCUT2D eigenvalue weighted by Gasteiger charge is 2.14. The molecule has 1 N–H and O–H groups in total. The number of rotatable bonds is 4. The van der Waals surface area contributed by atoms with Gasteiger partial charge in [0.2, 0.25) is 5.91 Å². The summed E-state index contributed by atoms with van der Waals surface area (Å²) in [6.45, 7) is 1.87. The van der Waals surface area contributed by atoms with E-state index in [4.69, 9.17) is 0 Å². The van der Waals surface area contributed by atoms with Crippen molar-refractivity contribution in [2.75, 3.05) is 5.32 Å². The van der Waals surface area contributed by atoms with Crippen molar-refractivity contribution < 1.29 is 4.79 Å². The van der Waals surface area contributed by atoms with Crippen LogP contribution in [0.4, 0.5) is 5.69 Å². The van der Waals surface area contributed by atoms with Gasteiger partial charge in [0.1, 0.15) is 0 Å². The fraction of sp³-hybridized carbons (Fsp3) is 0.143. The molecule has 0 radical (unpaired) electrons. The van der Waals surface area contributed by atoms with Crippen LogP contribution in [0.5, 0.6) is 0 Å². The van der Waals surface area contributed by atoms with Gasteiger partial charge in [-0.05, 0) is 31.2 Å². The summed E-state index contributed by atoms with van der Waals surface area (Å²) >= 11 is 1.45. The molecular weight excluding hydrogens is 244 g/mol. The number of thioether (sulfide) groups is 1. The van der Waals surface area contributed by atoms with Crippen LogP contribution >= 0.6 is 11.8 Å². The minimum absolute atomic E-state index is 0.0168. The lowest BCUT2D eigenvalue weighted by Crippen LogP contribution is -2.22. The van der Waals surface area contributed by atoms with Crippen LogP contribution in [0.1, 0.15) is 6.92 Å². The molecule has 1 heterocycles. The van der Waals surface area contributed by atoms with Crippen LogP contribution in [0.15, 0.2) is 59.8 Å². The summed E-state index contributed by atoms with van der Waals surface area (Å²) in [4.78, 5) is 16.1. The lowest BCUT2D eigenvalue weighted by Gasteiger charge is -2.11. The van der Waals surface area contributed by atoms with E-state index in [0.717, 1.165) is 10.7 Å². The second-order valence-corrected chi connectivity index (χ2v) is 5.14. The first kappa shape index (κ1) is 12.6. The monoisotopic (exact) mass is 258 g/mol. The summed E-state index contributed by atoms with van der Waals surface area (Å²) in [5.41, 5.74) is 0.816. The van der Waals surface area contributed by atoms with Gasteiger partial charge >= 0.3 is 0 Å². The van der Waals surface area contributed by atoms with Crippen LogP contribution in [-0.2, 0) is 4.79 Å². The fourth-order valence-corrected chi connectivity index (χ4v) is 2.22.